The first-order valence-corrected chi connectivity index (χ1v) is 14.1. The maximum Gasteiger partial charge on any atom is 0.192 e. The molecular formula is C22H51N3OSi. The minimum Gasteiger partial charge on any atom is -0.420 e. The van der Waals surface area contributed by atoms with E-state index in [0.29, 0.717) is 0 Å². The van der Waals surface area contributed by atoms with E-state index in [1.807, 2.05) is 7.11 Å². The van der Waals surface area contributed by atoms with Crippen LogP contribution in [0.15, 0.2) is 0 Å². The van der Waals surface area contributed by atoms with Crippen LogP contribution in [0.5, 0.6) is 0 Å². The summed E-state index contributed by atoms with van der Waals surface area (Å²) in [5, 5.41) is 0. The molecule has 27 heavy (non-hydrogen) atoms. The summed E-state index contributed by atoms with van der Waals surface area (Å²) < 4.78 is 6.32. The maximum absolute atomic E-state index is 6.32. The molecule has 0 unspecified atom stereocenters. The van der Waals surface area contributed by atoms with Gasteiger partial charge in [0, 0.05) is 32.2 Å². The van der Waals surface area contributed by atoms with Crippen LogP contribution in [-0.4, -0.2) is 89.0 Å². The van der Waals surface area contributed by atoms with E-state index in [9.17, 15) is 0 Å². The quantitative estimate of drug-likeness (QED) is 0.331. The van der Waals surface area contributed by atoms with Crippen molar-refractivity contribution in [3.05, 3.63) is 0 Å². The van der Waals surface area contributed by atoms with E-state index in [0.717, 1.165) is 39.3 Å². The van der Waals surface area contributed by atoms with Crippen molar-refractivity contribution < 1.29 is 4.43 Å². The van der Waals surface area contributed by atoms with Crippen LogP contribution < -0.4 is 0 Å². The number of hydrogen-bond donors (Lipinski definition) is 0. The summed E-state index contributed by atoms with van der Waals surface area (Å²) in [5.74, 6) is 0. The van der Waals surface area contributed by atoms with Crippen LogP contribution in [0, 0.1) is 5.41 Å². The molecular weight excluding hydrogens is 350 g/mol. The summed E-state index contributed by atoms with van der Waals surface area (Å²) in [7, 11) is 0.272. The Balaban J connectivity index is 6.06. The van der Waals surface area contributed by atoms with E-state index >= 15 is 0 Å². The third-order valence-corrected chi connectivity index (χ3v) is 11.6. The van der Waals surface area contributed by atoms with Crippen molar-refractivity contribution in [2.75, 3.05) is 66.0 Å². The zero-order valence-corrected chi connectivity index (χ0v) is 21.2. The summed E-state index contributed by atoms with van der Waals surface area (Å²) in [6, 6.07) is 3.71. The smallest absolute Gasteiger partial charge is 0.192 e. The Morgan fingerprint density at radius 1 is 0.593 bits per heavy atom. The Bertz CT molecular complexity index is 307. The van der Waals surface area contributed by atoms with Gasteiger partial charge >= 0.3 is 0 Å². The first kappa shape index (κ1) is 27.1. The number of rotatable bonds is 17. The second kappa shape index (κ2) is 14.1. The van der Waals surface area contributed by atoms with E-state index < -0.39 is 8.32 Å². The molecule has 164 valence electrons. The topological polar surface area (TPSA) is 19.0 Å². The normalized spacial score (nSPS) is 13.3. The van der Waals surface area contributed by atoms with Crippen molar-refractivity contribution in [3.63, 3.8) is 0 Å². The second-order valence-corrected chi connectivity index (χ2v) is 12.7. The first-order chi connectivity index (χ1) is 12.9. The van der Waals surface area contributed by atoms with Crippen molar-refractivity contribution in [1.82, 2.24) is 14.7 Å². The molecule has 0 radical (unpaired) electrons. The zero-order chi connectivity index (χ0) is 20.9. The Morgan fingerprint density at radius 3 is 1.07 bits per heavy atom. The summed E-state index contributed by atoms with van der Waals surface area (Å²) in [4.78, 5) is 7.94. The van der Waals surface area contributed by atoms with Crippen molar-refractivity contribution in [1.29, 1.82) is 0 Å². The minimum absolute atomic E-state index is 0.276. The Kier molecular flexibility index (Phi) is 14.1. The molecule has 0 aromatic carbocycles. The summed E-state index contributed by atoms with van der Waals surface area (Å²) in [6.07, 6.45) is 0. The summed E-state index contributed by atoms with van der Waals surface area (Å²) in [6.45, 7) is 28.9. The maximum atomic E-state index is 6.32. The molecule has 0 saturated heterocycles. The minimum atomic E-state index is -1.71. The molecule has 0 heterocycles. The van der Waals surface area contributed by atoms with Crippen LogP contribution in [-0.2, 0) is 4.43 Å². The van der Waals surface area contributed by atoms with E-state index in [1.165, 1.54) is 37.8 Å². The highest BCUT2D eigenvalue weighted by atomic mass is 28.4. The molecule has 0 aliphatic rings. The van der Waals surface area contributed by atoms with E-state index in [2.05, 4.69) is 70.1 Å². The molecule has 0 aliphatic heterocycles. The molecule has 0 spiro atoms. The Labute approximate surface area is 172 Å². The number of hydrogen-bond acceptors (Lipinski definition) is 4. The molecule has 0 amide bonds. The molecule has 0 bridgehead atoms. The molecule has 0 fully saturated rings. The van der Waals surface area contributed by atoms with Gasteiger partial charge in [-0.3, -0.25) is 0 Å². The molecule has 0 aliphatic carbocycles. The van der Waals surface area contributed by atoms with Gasteiger partial charge in [0.2, 0.25) is 0 Å². The van der Waals surface area contributed by atoms with Gasteiger partial charge in [0.1, 0.15) is 0 Å². The van der Waals surface area contributed by atoms with Crippen molar-refractivity contribution in [2.24, 2.45) is 5.41 Å². The third kappa shape index (κ3) is 8.53. The SMILES string of the molecule is CCN(CC)CC(CN(CC)CC)(CN(CC)CC)C[Si](CC)(CC)OC. The van der Waals surface area contributed by atoms with E-state index in [1.54, 1.807) is 0 Å². The Morgan fingerprint density at radius 2 is 0.889 bits per heavy atom. The van der Waals surface area contributed by atoms with Crippen molar-refractivity contribution in [3.8, 4) is 0 Å². The van der Waals surface area contributed by atoms with Crippen LogP contribution >= 0.6 is 0 Å². The first-order valence-electron chi connectivity index (χ1n) is 11.6. The highest BCUT2D eigenvalue weighted by Gasteiger charge is 2.44. The molecule has 0 N–H and O–H groups in total. The van der Waals surface area contributed by atoms with Gasteiger partial charge < -0.3 is 19.1 Å². The van der Waals surface area contributed by atoms with Crippen molar-refractivity contribution in [2.45, 2.75) is 73.5 Å². The summed E-state index contributed by atoms with van der Waals surface area (Å²) >= 11 is 0. The lowest BCUT2D eigenvalue weighted by Crippen LogP contribution is -2.56. The fourth-order valence-corrected chi connectivity index (χ4v) is 8.05. The zero-order valence-electron chi connectivity index (χ0n) is 20.2. The van der Waals surface area contributed by atoms with E-state index in [-0.39, 0.29) is 5.41 Å². The molecule has 0 rings (SSSR count). The largest absolute Gasteiger partial charge is 0.420 e. The predicted molar refractivity (Wildman–Crippen MR) is 124 cm³/mol. The van der Waals surface area contributed by atoms with Gasteiger partial charge in [-0.05, 0) is 57.4 Å². The highest BCUT2D eigenvalue weighted by Crippen LogP contribution is 2.37. The molecule has 0 aromatic heterocycles. The van der Waals surface area contributed by atoms with Gasteiger partial charge in [-0.2, -0.15) is 0 Å². The van der Waals surface area contributed by atoms with Gasteiger partial charge in [0.15, 0.2) is 8.32 Å². The van der Waals surface area contributed by atoms with E-state index in [4.69, 9.17) is 4.43 Å². The van der Waals surface area contributed by atoms with Crippen LogP contribution in [0.2, 0.25) is 18.1 Å². The number of nitrogens with zero attached hydrogens (tertiary/aromatic N) is 3. The molecule has 4 nitrogen and oxygen atoms in total. The molecule has 5 heteroatoms. The molecule has 0 atom stereocenters. The summed E-state index contributed by atoms with van der Waals surface area (Å²) in [5.41, 5.74) is 0.276. The third-order valence-electron chi connectivity index (χ3n) is 6.78. The molecule has 0 saturated carbocycles. The molecule has 0 aromatic rings. The Hall–Kier alpha value is 0.0569. The fraction of sp³-hybridized carbons (Fsp3) is 1.00. The monoisotopic (exact) mass is 401 g/mol. The highest BCUT2D eigenvalue weighted by molar-refractivity contribution is 6.73. The lowest BCUT2D eigenvalue weighted by molar-refractivity contribution is 0.0723. The average molecular weight is 402 g/mol. The van der Waals surface area contributed by atoms with Crippen LogP contribution in [0.3, 0.4) is 0 Å². The average Bonchev–Trinajstić information content (AvgIpc) is 2.72. The van der Waals surface area contributed by atoms with Crippen LogP contribution in [0.4, 0.5) is 0 Å². The standard InChI is InChI=1S/C22H51N3OSi/c1-10-23(11-2)18-22(19-24(12-3)13-4,20-25(14-5)15-6)21-27(16-7,17-8)26-9/h10-21H2,1-9H3. The predicted octanol–water partition coefficient (Wildman–Crippen LogP) is 4.63. The van der Waals surface area contributed by atoms with Gasteiger partial charge in [-0.1, -0.05) is 55.4 Å². The van der Waals surface area contributed by atoms with Gasteiger partial charge in [-0.15, -0.1) is 0 Å². The van der Waals surface area contributed by atoms with Crippen LogP contribution in [0.1, 0.15) is 55.4 Å². The van der Waals surface area contributed by atoms with Gasteiger partial charge in [0.25, 0.3) is 0 Å². The lowest BCUT2D eigenvalue weighted by atomic mass is 9.87. The van der Waals surface area contributed by atoms with Crippen LogP contribution in [0.25, 0.3) is 0 Å². The second-order valence-electron chi connectivity index (χ2n) is 8.16. The van der Waals surface area contributed by atoms with Gasteiger partial charge in [0.05, 0.1) is 0 Å². The fourth-order valence-electron chi connectivity index (χ4n) is 4.63. The van der Waals surface area contributed by atoms with Gasteiger partial charge in [-0.25, -0.2) is 0 Å². The van der Waals surface area contributed by atoms with Crippen molar-refractivity contribution >= 4 is 8.32 Å². The lowest BCUT2D eigenvalue weighted by Gasteiger charge is -2.47.